The molecule has 3 aromatic rings. The van der Waals surface area contributed by atoms with Gasteiger partial charge in [-0.05, 0) is 54.3 Å². The van der Waals surface area contributed by atoms with Gasteiger partial charge in [-0.25, -0.2) is 13.2 Å². The summed E-state index contributed by atoms with van der Waals surface area (Å²) in [6.07, 6.45) is -0.469. The van der Waals surface area contributed by atoms with E-state index >= 15 is 0 Å². The van der Waals surface area contributed by atoms with E-state index in [1.54, 1.807) is 12.1 Å². The zero-order valence-corrected chi connectivity index (χ0v) is 23.7. The quantitative estimate of drug-likeness (QED) is 0.353. The van der Waals surface area contributed by atoms with Gasteiger partial charge in [0.15, 0.2) is 5.78 Å². The number of rotatable bonds is 11. The predicted molar refractivity (Wildman–Crippen MR) is 152 cm³/mol. The summed E-state index contributed by atoms with van der Waals surface area (Å²) in [5.41, 5.74) is 0.795. The van der Waals surface area contributed by atoms with Gasteiger partial charge in [-0.3, -0.25) is 9.59 Å². The first kappa shape index (κ1) is 29.8. The van der Waals surface area contributed by atoms with E-state index in [0.717, 1.165) is 9.87 Å². The van der Waals surface area contributed by atoms with Crippen molar-refractivity contribution >= 4 is 27.8 Å². The van der Waals surface area contributed by atoms with Crippen molar-refractivity contribution in [2.75, 3.05) is 13.1 Å². The highest BCUT2D eigenvalue weighted by molar-refractivity contribution is 7.89. The summed E-state index contributed by atoms with van der Waals surface area (Å²) < 4.78 is 38.5. The number of alkyl carbamates (subject to hydrolysis) is 1. The molecule has 10 nitrogen and oxygen atoms in total. The van der Waals surface area contributed by atoms with Crippen molar-refractivity contribution in [3.8, 4) is 11.5 Å². The van der Waals surface area contributed by atoms with E-state index in [0.29, 0.717) is 17.9 Å². The summed E-state index contributed by atoms with van der Waals surface area (Å²) in [6.45, 7) is 3.22. The molecule has 41 heavy (non-hydrogen) atoms. The lowest BCUT2D eigenvalue weighted by atomic mass is 10.0. The molecule has 2 amide bonds. The third-order valence-corrected chi connectivity index (χ3v) is 8.22. The molecule has 4 rings (SSSR count). The molecule has 0 spiro atoms. The van der Waals surface area contributed by atoms with Crippen LogP contribution < -0.4 is 15.4 Å². The molecule has 1 heterocycles. The molecule has 0 saturated carbocycles. The molecule has 0 aromatic heterocycles. The van der Waals surface area contributed by atoms with Crippen LogP contribution in [0.15, 0.2) is 89.8 Å². The molecule has 1 aliphatic rings. The van der Waals surface area contributed by atoms with Gasteiger partial charge in [0.1, 0.15) is 30.2 Å². The molecule has 1 unspecified atom stereocenters. The van der Waals surface area contributed by atoms with Crippen molar-refractivity contribution in [2.45, 2.75) is 43.9 Å². The number of sulfonamides is 1. The highest BCUT2D eigenvalue weighted by Crippen LogP contribution is 2.25. The summed E-state index contributed by atoms with van der Waals surface area (Å²) in [6, 6.07) is 22.1. The first-order chi connectivity index (χ1) is 19.6. The van der Waals surface area contributed by atoms with E-state index in [1.165, 1.54) is 24.3 Å². The fraction of sp³-hybridized carbons (Fsp3) is 0.300. The molecular formula is C30H33N3O7S. The Morgan fingerprint density at radius 1 is 0.927 bits per heavy atom. The molecule has 1 saturated heterocycles. The van der Waals surface area contributed by atoms with Gasteiger partial charge in [0.25, 0.3) is 0 Å². The minimum Gasteiger partial charge on any atom is -0.457 e. The second-order valence-electron chi connectivity index (χ2n) is 10.1. The third-order valence-electron chi connectivity index (χ3n) is 6.39. The minimum atomic E-state index is -4.01. The Labute approximate surface area is 239 Å². The molecule has 0 bridgehead atoms. The molecule has 0 radical (unpaired) electrons. The highest BCUT2D eigenvalue weighted by Gasteiger charge is 2.40. The van der Waals surface area contributed by atoms with E-state index in [-0.39, 0.29) is 30.5 Å². The first-order valence-corrected chi connectivity index (χ1v) is 14.7. The van der Waals surface area contributed by atoms with Gasteiger partial charge in [0.05, 0.1) is 11.4 Å². The Hall–Kier alpha value is -4.22. The van der Waals surface area contributed by atoms with Crippen molar-refractivity contribution in [1.82, 2.24) is 14.9 Å². The number of benzene rings is 3. The Balaban J connectivity index is 1.35. The number of Topliss-reactive ketones (excluding diaryl/α,β-unsaturated/α-hetero) is 1. The number of hydrogen-bond acceptors (Lipinski definition) is 7. The van der Waals surface area contributed by atoms with Crippen LogP contribution in [0.1, 0.15) is 25.8 Å². The number of ether oxygens (including phenoxy) is 2. The van der Waals surface area contributed by atoms with E-state index in [9.17, 15) is 22.8 Å². The Kier molecular flexibility index (Phi) is 9.74. The maximum Gasteiger partial charge on any atom is 0.408 e. The lowest BCUT2D eigenvalue weighted by Crippen LogP contribution is -2.52. The average molecular weight is 580 g/mol. The van der Waals surface area contributed by atoms with Gasteiger partial charge in [-0.2, -0.15) is 4.31 Å². The topological polar surface area (TPSA) is 131 Å². The normalized spacial score (nSPS) is 16.3. The Morgan fingerprint density at radius 3 is 2.17 bits per heavy atom. The van der Waals surface area contributed by atoms with Crippen LogP contribution >= 0.6 is 0 Å². The zero-order chi connectivity index (χ0) is 29.4. The molecule has 1 aliphatic heterocycles. The van der Waals surface area contributed by atoms with E-state index in [4.69, 9.17) is 9.47 Å². The molecule has 2 N–H and O–H groups in total. The van der Waals surface area contributed by atoms with Crippen LogP contribution in [0, 0.1) is 5.92 Å². The molecule has 11 heteroatoms. The van der Waals surface area contributed by atoms with Gasteiger partial charge in [-0.15, -0.1) is 0 Å². The molecule has 216 valence electrons. The van der Waals surface area contributed by atoms with Crippen LogP contribution in [0.5, 0.6) is 11.5 Å². The second kappa shape index (κ2) is 13.4. The smallest absolute Gasteiger partial charge is 0.408 e. The largest absolute Gasteiger partial charge is 0.457 e. The molecular weight excluding hydrogens is 546 g/mol. The van der Waals surface area contributed by atoms with Crippen LogP contribution in [0.2, 0.25) is 0 Å². The number of ketones is 1. The first-order valence-electron chi connectivity index (χ1n) is 13.2. The summed E-state index contributed by atoms with van der Waals surface area (Å²) >= 11 is 0. The van der Waals surface area contributed by atoms with Gasteiger partial charge in [-0.1, -0.05) is 62.4 Å². The molecule has 1 fully saturated rings. The summed E-state index contributed by atoms with van der Waals surface area (Å²) in [5, 5.41) is 5.19. The SMILES string of the molecule is CC(C)C[C@H](NC(=O)OCc1ccccc1)C(=O)NC1CN(S(=O)(=O)c2ccc(Oc3ccccc3)cc2)CC1=O. The predicted octanol–water partition coefficient (Wildman–Crippen LogP) is 3.88. The Bertz CT molecular complexity index is 1450. The summed E-state index contributed by atoms with van der Waals surface area (Å²) in [4.78, 5) is 38.2. The Morgan fingerprint density at radius 2 is 1.54 bits per heavy atom. The lowest BCUT2D eigenvalue weighted by Gasteiger charge is -2.22. The molecule has 3 aromatic carbocycles. The minimum absolute atomic E-state index is 0.00167. The van der Waals surface area contributed by atoms with Crippen molar-refractivity contribution in [1.29, 1.82) is 0 Å². The maximum atomic E-state index is 13.2. The summed E-state index contributed by atoms with van der Waals surface area (Å²) in [5.74, 6) is 0.0896. The number of hydrogen-bond donors (Lipinski definition) is 2. The fourth-order valence-corrected chi connectivity index (χ4v) is 5.72. The average Bonchev–Trinajstić information content (AvgIpc) is 3.33. The van der Waals surface area contributed by atoms with Crippen LogP contribution in [-0.4, -0.2) is 55.7 Å². The van der Waals surface area contributed by atoms with Gasteiger partial charge in [0.2, 0.25) is 15.9 Å². The van der Waals surface area contributed by atoms with Gasteiger partial charge < -0.3 is 20.1 Å². The standard InChI is InChI=1S/C30H33N3O7S/c1-21(2)17-26(32-30(36)39-20-22-9-5-3-6-10-22)29(35)31-27-18-33(19-28(27)34)41(37,38)25-15-13-24(14-16-25)40-23-11-7-4-8-12-23/h3-16,21,26-27H,17-20H2,1-2H3,(H,31,35)(H,32,36)/t26-,27?/m0/s1. The highest BCUT2D eigenvalue weighted by atomic mass is 32.2. The van der Waals surface area contributed by atoms with Gasteiger partial charge >= 0.3 is 6.09 Å². The zero-order valence-electron chi connectivity index (χ0n) is 22.9. The van der Waals surface area contributed by atoms with Crippen LogP contribution in [0.25, 0.3) is 0 Å². The third kappa shape index (κ3) is 8.15. The summed E-state index contributed by atoms with van der Waals surface area (Å²) in [7, 11) is -4.01. The second-order valence-corrected chi connectivity index (χ2v) is 12.0. The number of nitrogens with one attached hydrogen (secondary N) is 2. The number of carbonyl (C=O) groups excluding carboxylic acids is 3. The molecule has 2 atom stereocenters. The number of amides is 2. The van der Waals surface area contributed by atoms with Crippen molar-refractivity contribution in [3.05, 3.63) is 90.5 Å². The van der Waals surface area contributed by atoms with Crippen LogP contribution in [-0.2, 0) is 31.0 Å². The van der Waals surface area contributed by atoms with Crippen LogP contribution in [0.3, 0.4) is 0 Å². The van der Waals surface area contributed by atoms with E-state index in [2.05, 4.69) is 10.6 Å². The van der Waals surface area contributed by atoms with Crippen molar-refractivity contribution < 1.29 is 32.3 Å². The van der Waals surface area contributed by atoms with Crippen molar-refractivity contribution in [3.63, 3.8) is 0 Å². The maximum absolute atomic E-state index is 13.2. The number of para-hydroxylation sites is 1. The molecule has 0 aliphatic carbocycles. The number of carbonyl (C=O) groups is 3. The number of nitrogens with zero attached hydrogens (tertiary/aromatic N) is 1. The van der Waals surface area contributed by atoms with Crippen molar-refractivity contribution in [2.24, 2.45) is 5.92 Å². The van der Waals surface area contributed by atoms with E-state index in [1.807, 2.05) is 62.4 Å². The van der Waals surface area contributed by atoms with Crippen LogP contribution in [0.4, 0.5) is 4.79 Å². The monoisotopic (exact) mass is 579 g/mol. The lowest BCUT2D eigenvalue weighted by molar-refractivity contribution is -0.127. The van der Waals surface area contributed by atoms with Gasteiger partial charge in [0, 0.05) is 6.54 Å². The van der Waals surface area contributed by atoms with E-state index < -0.39 is 39.9 Å². The fourth-order valence-electron chi connectivity index (χ4n) is 4.30.